The van der Waals surface area contributed by atoms with Gasteiger partial charge in [0.05, 0.1) is 11.8 Å². The molecule has 2 rings (SSSR count). The first-order valence-electron chi connectivity index (χ1n) is 5.42. The minimum atomic E-state index is 0.0422. The molecule has 16 heavy (non-hydrogen) atoms. The fourth-order valence-electron chi connectivity index (χ4n) is 2.01. The Hall–Kier alpha value is -0.810. The average molecular weight is 287 g/mol. The van der Waals surface area contributed by atoms with Crippen LogP contribution in [-0.2, 0) is 0 Å². The predicted molar refractivity (Wildman–Crippen MR) is 64.4 cm³/mol. The average Bonchev–Trinajstić information content (AvgIpc) is 2.74. The number of likely N-dealkylation sites (N-methyl/N-ethyl adjacent to an activating group) is 1. The van der Waals surface area contributed by atoms with E-state index in [1.807, 2.05) is 11.9 Å². The lowest BCUT2D eigenvalue weighted by atomic mass is 10.1. The third kappa shape index (κ3) is 2.30. The molecule has 0 aliphatic carbocycles. The van der Waals surface area contributed by atoms with Gasteiger partial charge in [0, 0.05) is 19.1 Å². The molecule has 1 aromatic rings. The van der Waals surface area contributed by atoms with Crippen molar-refractivity contribution in [2.45, 2.75) is 18.9 Å². The van der Waals surface area contributed by atoms with Gasteiger partial charge in [-0.3, -0.25) is 4.79 Å². The van der Waals surface area contributed by atoms with Crippen LogP contribution < -0.4 is 5.32 Å². The molecule has 1 aliphatic heterocycles. The number of furan rings is 1. The molecule has 0 radical (unpaired) electrons. The highest BCUT2D eigenvalue weighted by atomic mass is 79.9. The van der Waals surface area contributed by atoms with Crippen molar-refractivity contribution >= 4 is 21.8 Å². The summed E-state index contributed by atoms with van der Waals surface area (Å²) in [5.74, 6) is 0.0422. The van der Waals surface area contributed by atoms with Crippen LogP contribution in [0.4, 0.5) is 0 Å². The van der Waals surface area contributed by atoms with E-state index in [0.717, 1.165) is 25.9 Å². The first-order valence-corrected chi connectivity index (χ1v) is 6.21. The zero-order valence-corrected chi connectivity index (χ0v) is 10.8. The molecule has 1 fully saturated rings. The van der Waals surface area contributed by atoms with E-state index >= 15 is 0 Å². The number of carbonyl (C=O) groups is 1. The van der Waals surface area contributed by atoms with Gasteiger partial charge in [-0.15, -0.1) is 0 Å². The second-order valence-electron chi connectivity index (χ2n) is 3.99. The van der Waals surface area contributed by atoms with E-state index in [2.05, 4.69) is 21.2 Å². The molecule has 0 bridgehead atoms. The Morgan fingerprint density at radius 1 is 1.69 bits per heavy atom. The molecule has 88 valence electrons. The number of hydrogen-bond donors (Lipinski definition) is 1. The summed E-state index contributed by atoms with van der Waals surface area (Å²) in [6.07, 6.45) is 3.70. The number of nitrogens with one attached hydrogen (secondary N) is 1. The fraction of sp³-hybridized carbons (Fsp3) is 0.545. The van der Waals surface area contributed by atoms with Crippen molar-refractivity contribution < 1.29 is 9.21 Å². The van der Waals surface area contributed by atoms with Gasteiger partial charge >= 0.3 is 0 Å². The predicted octanol–water partition coefficient (Wildman–Crippen LogP) is 1.87. The van der Waals surface area contributed by atoms with Crippen LogP contribution in [0.25, 0.3) is 0 Å². The summed E-state index contributed by atoms with van der Waals surface area (Å²) in [6, 6.07) is 2.11. The summed E-state index contributed by atoms with van der Waals surface area (Å²) in [4.78, 5) is 14.0. The first-order chi connectivity index (χ1) is 7.72. The number of amides is 1. The van der Waals surface area contributed by atoms with Gasteiger partial charge in [-0.25, -0.2) is 0 Å². The number of rotatable bonds is 2. The lowest BCUT2D eigenvalue weighted by molar-refractivity contribution is 0.0696. The SMILES string of the molecule is CNC1CCCN(C(=O)c2ccoc2Br)C1. The molecular formula is C11H15BrN2O2. The fourth-order valence-corrected chi connectivity index (χ4v) is 2.42. The van der Waals surface area contributed by atoms with Crippen molar-refractivity contribution in [3.05, 3.63) is 22.6 Å². The van der Waals surface area contributed by atoms with Gasteiger partial charge in [-0.1, -0.05) is 0 Å². The monoisotopic (exact) mass is 286 g/mol. The van der Waals surface area contributed by atoms with Gasteiger partial charge in [0.2, 0.25) is 0 Å². The molecule has 1 amide bonds. The largest absolute Gasteiger partial charge is 0.457 e. The molecule has 1 aromatic heterocycles. The molecule has 5 heteroatoms. The molecule has 1 atom stereocenters. The van der Waals surface area contributed by atoms with Crippen molar-refractivity contribution in [1.29, 1.82) is 0 Å². The van der Waals surface area contributed by atoms with E-state index in [9.17, 15) is 4.79 Å². The molecule has 0 aromatic carbocycles. The van der Waals surface area contributed by atoms with Gasteiger partial charge in [0.25, 0.3) is 5.91 Å². The summed E-state index contributed by atoms with van der Waals surface area (Å²) < 4.78 is 5.60. The van der Waals surface area contributed by atoms with Gasteiger partial charge in [-0.2, -0.15) is 0 Å². The maximum absolute atomic E-state index is 12.2. The van der Waals surface area contributed by atoms with Gasteiger partial charge in [0.15, 0.2) is 4.67 Å². The minimum absolute atomic E-state index is 0.0422. The zero-order chi connectivity index (χ0) is 11.5. The Morgan fingerprint density at radius 2 is 2.50 bits per heavy atom. The van der Waals surface area contributed by atoms with E-state index in [1.165, 1.54) is 6.26 Å². The Bertz CT molecular complexity index is 378. The van der Waals surface area contributed by atoms with Gasteiger partial charge in [-0.05, 0) is 41.9 Å². The molecule has 1 saturated heterocycles. The van der Waals surface area contributed by atoms with E-state index in [-0.39, 0.29) is 5.91 Å². The van der Waals surface area contributed by atoms with Crippen molar-refractivity contribution in [2.75, 3.05) is 20.1 Å². The van der Waals surface area contributed by atoms with Crippen LogP contribution in [0.15, 0.2) is 21.4 Å². The highest BCUT2D eigenvalue weighted by Gasteiger charge is 2.25. The summed E-state index contributed by atoms with van der Waals surface area (Å²) in [6.45, 7) is 1.60. The standard InChI is InChI=1S/C11H15BrN2O2/c1-13-8-3-2-5-14(7-8)11(15)9-4-6-16-10(9)12/h4,6,8,13H,2-3,5,7H2,1H3. The number of carbonyl (C=O) groups excluding carboxylic acids is 1. The van der Waals surface area contributed by atoms with Crippen LogP contribution in [0.5, 0.6) is 0 Å². The second kappa shape index (κ2) is 5.01. The highest BCUT2D eigenvalue weighted by molar-refractivity contribution is 9.10. The topological polar surface area (TPSA) is 45.5 Å². The molecule has 1 aliphatic rings. The normalized spacial score (nSPS) is 21.1. The van der Waals surface area contributed by atoms with Crippen LogP contribution in [0.2, 0.25) is 0 Å². The molecule has 1 unspecified atom stereocenters. The smallest absolute Gasteiger partial charge is 0.258 e. The van der Waals surface area contributed by atoms with Crippen LogP contribution in [0.1, 0.15) is 23.2 Å². The van der Waals surface area contributed by atoms with Crippen molar-refractivity contribution in [3.8, 4) is 0 Å². The quantitative estimate of drug-likeness (QED) is 0.903. The molecule has 2 heterocycles. The molecule has 0 saturated carbocycles. The minimum Gasteiger partial charge on any atom is -0.457 e. The van der Waals surface area contributed by atoms with Crippen LogP contribution in [-0.4, -0.2) is 37.0 Å². The maximum Gasteiger partial charge on any atom is 0.258 e. The summed E-state index contributed by atoms with van der Waals surface area (Å²) in [5.41, 5.74) is 0.608. The Labute approximate surface area is 103 Å². The Kier molecular flexibility index (Phi) is 3.66. The number of halogens is 1. The molecular weight excluding hydrogens is 272 g/mol. The summed E-state index contributed by atoms with van der Waals surface area (Å²) in [7, 11) is 1.94. The number of hydrogen-bond acceptors (Lipinski definition) is 3. The van der Waals surface area contributed by atoms with Crippen molar-refractivity contribution in [2.24, 2.45) is 0 Å². The zero-order valence-electron chi connectivity index (χ0n) is 9.20. The highest BCUT2D eigenvalue weighted by Crippen LogP contribution is 2.21. The van der Waals surface area contributed by atoms with E-state index in [4.69, 9.17) is 4.42 Å². The third-order valence-electron chi connectivity index (χ3n) is 2.97. The van der Waals surface area contributed by atoms with Crippen LogP contribution >= 0.6 is 15.9 Å². The molecule has 0 spiro atoms. The van der Waals surface area contributed by atoms with E-state index < -0.39 is 0 Å². The van der Waals surface area contributed by atoms with Crippen LogP contribution in [0.3, 0.4) is 0 Å². The summed E-state index contributed by atoms with van der Waals surface area (Å²) in [5, 5.41) is 3.22. The van der Waals surface area contributed by atoms with E-state index in [1.54, 1.807) is 6.07 Å². The Balaban J connectivity index is 2.07. The van der Waals surface area contributed by atoms with Crippen molar-refractivity contribution in [3.63, 3.8) is 0 Å². The second-order valence-corrected chi connectivity index (χ2v) is 4.71. The third-order valence-corrected chi connectivity index (χ3v) is 3.58. The van der Waals surface area contributed by atoms with Gasteiger partial charge < -0.3 is 14.6 Å². The van der Waals surface area contributed by atoms with E-state index in [0.29, 0.717) is 16.3 Å². The molecule has 4 nitrogen and oxygen atoms in total. The number of piperidine rings is 1. The molecule has 1 N–H and O–H groups in total. The Morgan fingerprint density at radius 3 is 3.12 bits per heavy atom. The lowest BCUT2D eigenvalue weighted by Gasteiger charge is -2.32. The number of likely N-dealkylation sites (tertiary alicyclic amines) is 1. The van der Waals surface area contributed by atoms with Crippen molar-refractivity contribution in [1.82, 2.24) is 10.2 Å². The van der Waals surface area contributed by atoms with Crippen LogP contribution in [0, 0.1) is 0 Å². The first kappa shape index (κ1) is 11.7. The number of nitrogens with zero attached hydrogens (tertiary/aromatic N) is 1. The lowest BCUT2D eigenvalue weighted by Crippen LogP contribution is -2.46. The van der Waals surface area contributed by atoms with Gasteiger partial charge in [0.1, 0.15) is 0 Å². The summed E-state index contributed by atoms with van der Waals surface area (Å²) >= 11 is 3.24. The maximum atomic E-state index is 12.2.